The van der Waals surface area contributed by atoms with Crippen LogP contribution >= 0.6 is 0 Å². The molecule has 0 unspecified atom stereocenters. The van der Waals surface area contributed by atoms with Crippen molar-refractivity contribution in [2.75, 3.05) is 46.0 Å². The fraction of sp³-hybridized carbons (Fsp3) is 0.579. The average molecular weight is 348 g/mol. The van der Waals surface area contributed by atoms with Gasteiger partial charge in [0.1, 0.15) is 5.75 Å². The number of carbonyl (C=O) groups is 2. The Morgan fingerprint density at radius 1 is 1.16 bits per heavy atom. The number of morpholine rings is 1. The smallest absolute Gasteiger partial charge is 0.220 e. The molecule has 138 valence electrons. The fourth-order valence-corrected chi connectivity index (χ4v) is 2.65. The highest BCUT2D eigenvalue weighted by atomic mass is 16.5. The van der Waals surface area contributed by atoms with Crippen molar-refractivity contribution < 1.29 is 19.1 Å². The summed E-state index contributed by atoms with van der Waals surface area (Å²) in [5.74, 6) is 0.824. The minimum Gasteiger partial charge on any atom is -0.494 e. The van der Waals surface area contributed by atoms with Gasteiger partial charge in [-0.2, -0.15) is 0 Å². The molecule has 1 aromatic rings. The zero-order valence-electron chi connectivity index (χ0n) is 15.0. The van der Waals surface area contributed by atoms with Crippen LogP contribution in [0.5, 0.6) is 5.75 Å². The quantitative estimate of drug-likeness (QED) is 0.517. The largest absolute Gasteiger partial charge is 0.494 e. The second-order valence-corrected chi connectivity index (χ2v) is 6.19. The lowest BCUT2D eigenvalue weighted by Gasteiger charge is -2.26. The second kappa shape index (κ2) is 10.8. The van der Waals surface area contributed by atoms with E-state index in [1.165, 1.54) is 6.92 Å². The summed E-state index contributed by atoms with van der Waals surface area (Å²) in [6.07, 6.45) is 2.09. The van der Waals surface area contributed by atoms with Crippen molar-refractivity contribution in [1.29, 1.82) is 0 Å². The molecule has 6 heteroatoms. The Morgan fingerprint density at radius 3 is 2.56 bits per heavy atom. The van der Waals surface area contributed by atoms with E-state index in [-0.39, 0.29) is 11.7 Å². The van der Waals surface area contributed by atoms with Crippen molar-refractivity contribution in [3.05, 3.63) is 29.8 Å². The van der Waals surface area contributed by atoms with Crippen LogP contribution < -0.4 is 10.1 Å². The van der Waals surface area contributed by atoms with Gasteiger partial charge in [0.2, 0.25) is 5.91 Å². The molecule has 0 aliphatic carbocycles. The highest BCUT2D eigenvalue weighted by Crippen LogP contribution is 2.13. The third-order valence-electron chi connectivity index (χ3n) is 4.15. The van der Waals surface area contributed by atoms with Gasteiger partial charge in [0.25, 0.3) is 0 Å². The topological polar surface area (TPSA) is 67.9 Å². The Hall–Kier alpha value is -1.92. The van der Waals surface area contributed by atoms with Gasteiger partial charge >= 0.3 is 0 Å². The molecule has 6 nitrogen and oxygen atoms in total. The third-order valence-corrected chi connectivity index (χ3v) is 4.15. The summed E-state index contributed by atoms with van der Waals surface area (Å²) < 4.78 is 10.9. The number of carbonyl (C=O) groups excluding carboxylic acids is 2. The molecular weight excluding hydrogens is 320 g/mol. The number of ether oxygens (including phenoxy) is 2. The van der Waals surface area contributed by atoms with Gasteiger partial charge in [0.15, 0.2) is 5.78 Å². The second-order valence-electron chi connectivity index (χ2n) is 6.19. The molecule has 2 rings (SSSR count). The van der Waals surface area contributed by atoms with E-state index in [9.17, 15) is 9.59 Å². The van der Waals surface area contributed by atoms with Crippen LogP contribution in [0.15, 0.2) is 24.3 Å². The molecule has 1 amide bonds. The number of amides is 1. The highest BCUT2D eigenvalue weighted by Gasteiger charge is 2.09. The monoisotopic (exact) mass is 348 g/mol. The van der Waals surface area contributed by atoms with E-state index in [1.54, 1.807) is 24.3 Å². The number of rotatable bonds is 10. The Morgan fingerprint density at radius 2 is 1.88 bits per heavy atom. The maximum atomic E-state index is 11.8. The zero-order chi connectivity index (χ0) is 17.9. The van der Waals surface area contributed by atoms with E-state index in [4.69, 9.17) is 9.47 Å². The number of nitrogens with one attached hydrogen (secondary N) is 1. The lowest BCUT2D eigenvalue weighted by atomic mass is 10.1. The van der Waals surface area contributed by atoms with E-state index in [0.717, 1.165) is 45.0 Å². The van der Waals surface area contributed by atoms with Crippen LogP contribution in [0.4, 0.5) is 0 Å². The molecule has 0 radical (unpaired) electrons. The summed E-state index contributed by atoms with van der Waals surface area (Å²) in [4.78, 5) is 25.3. The molecular formula is C19H28N2O4. The summed E-state index contributed by atoms with van der Waals surface area (Å²) in [5.41, 5.74) is 0.670. The predicted octanol–water partition coefficient (Wildman–Crippen LogP) is 1.89. The van der Waals surface area contributed by atoms with E-state index in [2.05, 4.69) is 10.2 Å². The van der Waals surface area contributed by atoms with Crippen molar-refractivity contribution in [3.8, 4) is 5.75 Å². The van der Waals surface area contributed by atoms with Gasteiger partial charge in [0.05, 0.1) is 19.8 Å². The molecule has 1 N–H and O–H groups in total. The van der Waals surface area contributed by atoms with Crippen LogP contribution in [0.1, 0.15) is 36.5 Å². The van der Waals surface area contributed by atoms with Gasteiger partial charge < -0.3 is 14.8 Å². The van der Waals surface area contributed by atoms with Crippen LogP contribution in [-0.4, -0.2) is 62.6 Å². The lowest BCUT2D eigenvalue weighted by Crippen LogP contribution is -2.38. The van der Waals surface area contributed by atoms with Crippen molar-refractivity contribution in [2.24, 2.45) is 0 Å². The maximum absolute atomic E-state index is 11.8. The minimum absolute atomic E-state index is 0.0387. The number of nitrogens with zero attached hydrogens (tertiary/aromatic N) is 1. The van der Waals surface area contributed by atoms with E-state index in [0.29, 0.717) is 31.6 Å². The van der Waals surface area contributed by atoms with Gasteiger partial charge in [-0.05, 0) is 50.6 Å². The first-order chi connectivity index (χ1) is 12.1. The van der Waals surface area contributed by atoms with E-state index < -0.39 is 0 Å². The Bertz CT molecular complexity index is 539. The molecule has 0 aromatic heterocycles. The number of Topliss-reactive ketones (excluding diaryl/α,β-unsaturated/α-hetero) is 1. The summed E-state index contributed by atoms with van der Waals surface area (Å²) in [6, 6.07) is 7.06. The molecule has 0 spiro atoms. The Kier molecular flexibility index (Phi) is 8.42. The van der Waals surface area contributed by atoms with Crippen molar-refractivity contribution >= 4 is 11.7 Å². The molecule has 0 saturated carbocycles. The van der Waals surface area contributed by atoms with Gasteiger partial charge in [-0.25, -0.2) is 0 Å². The van der Waals surface area contributed by atoms with Crippen LogP contribution in [0.3, 0.4) is 0 Å². The predicted molar refractivity (Wildman–Crippen MR) is 96.1 cm³/mol. The van der Waals surface area contributed by atoms with Crippen molar-refractivity contribution in [2.45, 2.75) is 26.2 Å². The molecule has 1 aromatic carbocycles. The molecule has 1 aliphatic rings. The molecule has 1 saturated heterocycles. The van der Waals surface area contributed by atoms with Crippen LogP contribution in [0.2, 0.25) is 0 Å². The Labute approximate surface area is 149 Å². The van der Waals surface area contributed by atoms with E-state index >= 15 is 0 Å². The summed E-state index contributed by atoms with van der Waals surface area (Å²) in [6.45, 7) is 7.33. The number of ketones is 1. The average Bonchev–Trinajstić information content (AvgIpc) is 2.63. The summed E-state index contributed by atoms with van der Waals surface area (Å²) in [5, 5.41) is 2.95. The van der Waals surface area contributed by atoms with Crippen LogP contribution in [0, 0.1) is 0 Å². The minimum atomic E-state index is 0.0387. The molecule has 1 heterocycles. The fourth-order valence-electron chi connectivity index (χ4n) is 2.65. The van der Waals surface area contributed by atoms with E-state index in [1.807, 2.05) is 0 Å². The van der Waals surface area contributed by atoms with Gasteiger partial charge in [-0.1, -0.05) is 0 Å². The van der Waals surface area contributed by atoms with Crippen LogP contribution in [-0.2, 0) is 9.53 Å². The maximum Gasteiger partial charge on any atom is 0.220 e. The molecule has 0 atom stereocenters. The lowest BCUT2D eigenvalue weighted by molar-refractivity contribution is -0.121. The summed E-state index contributed by atoms with van der Waals surface area (Å²) >= 11 is 0. The number of hydrogen-bond donors (Lipinski definition) is 1. The van der Waals surface area contributed by atoms with Gasteiger partial charge in [-0.15, -0.1) is 0 Å². The highest BCUT2D eigenvalue weighted by molar-refractivity contribution is 5.94. The first-order valence-corrected chi connectivity index (χ1v) is 8.96. The first-order valence-electron chi connectivity index (χ1n) is 8.96. The molecule has 25 heavy (non-hydrogen) atoms. The molecule has 1 aliphatic heterocycles. The Balaban J connectivity index is 1.49. The normalized spacial score (nSPS) is 14.9. The van der Waals surface area contributed by atoms with Gasteiger partial charge in [0, 0.05) is 31.6 Å². The summed E-state index contributed by atoms with van der Waals surface area (Å²) in [7, 11) is 0. The zero-order valence-corrected chi connectivity index (χ0v) is 15.0. The van der Waals surface area contributed by atoms with Crippen molar-refractivity contribution in [3.63, 3.8) is 0 Å². The standard InChI is InChI=1S/C19H28N2O4/c1-16(22)17-5-7-18(8-6-17)25-13-2-4-19(23)20-9-3-10-21-11-14-24-15-12-21/h5-8H,2-4,9-15H2,1H3,(H,20,23). The number of hydrogen-bond acceptors (Lipinski definition) is 5. The third kappa shape index (κ3) is 7.67. The molecule has 1 fully saturated rings. The van der Waals surface area contributed by atoms with Gasteiger partial charge in [-0.3, -0.25) is 14.5 Å². The number of benzene rings is 1. The van der Waals surface area contributed by atoms with Crippen LogP contribution in [0.25, 0.3) is 0 Å². The SMILES string of the molecule is CC(=O)c1ccc(OCCCC(=O)NCCCN2CCOCC2)cc1. The first kappa shape index (κ1) is 19.4. The molecule has 0 bridgehead atoms. The van der Waals surface area contributed by atoms with Crippen molar-refractivity contribution in [1.82, 2.24) is 10.2 Å².